The molecule has 0 aromatic rings. The lowest BCUT2D eigenvalue weighted by atomic mass is 10.1. The van der Waals surface area contributed by atoms with E-state index in [0.717, 1.165) is 38.5 Å². The molecule has 0 aliphatic rings. The first-order chi connectivity index (χ1) is 20.0. The van der Waals surface area contributed by atoms with Gasteiger partial charge in [0.05, 0.1) is 27.2 Å². The summed E-state index contributed by atoms with van der Waals surface area (Å²) >= 11 is 0. The van der Waals surface area contributed by atoms with Crippen LogP contribution < -0.4 is 0 Å². The molecule has 0 rings (SSSR count). The maximum atomic E-state index is 12.6. The van der Waals surface area contributed by atoms with Crippen molar-refractivity contribution in [2.24, 2.45) is 0 Å². The molecule has 0 fully saturated rings. The molecule has 9 nitrogen and oxygen atoms in total. The van der Waals surface area contributed by atoms with E-state index in [2.05, 4.69) is 18.0 Å². The first kappa shape index (κ1) is 40.8. The van der Waals surface area contributed by atoms with Crippen molar-refractivity contribution in [1.82, 2.24) is 0 Å². The molecule has 0 aliphatic carbocycles. The molecule has 0 heterocycles. The van der Waals surface area contributed by atoms with Crippen LogP contribution >= 0.6 is 0 Å². The van der Waals surface area contributed by atoms with Gasteiger partial charge in [0.15, 0.2) is 6.10 Å². The molecule has 42 heavy (non-hydrogen) atoms. The van der Waals surface area contributed by atoms with Gasteiger partial charge in [-0.3, -0.25) is 13.8 Å². The zero-order valence-corrected chi connectivity index (χ0v) is 28.2. The number of hydrogen-bond donors (Lipinski definition) is 0. The smallest absolute Gasteiger partial charge is 0.306 e. The Balaban J connectivity index is 4.55. The van der Waals surface area contributed by atoms with Crippen LogP contribution in [-0.4, -0.2) is 75.9 Å². The molecular weight excluding hydrogens is 558 g/mol. The van der Waals surface area contributed by atoms with Gasteiger partial charge in [0.2, 0.25) is 10.4 Å². The van der Waals surface area contributed by atoms with Crippen LogP contribution in [0.5, 0.6) is 0 Å². The Morgan fingerprint density at radius 1 is 0.667 bits per heavy atom. The summed E-state index contributed by atoms with van der Waals surface area (Å²) in [7, 11) is -0.894. The summed E-state index contributed by atoms with van der Waals surface area (Å²) in [6.45, 7) is 5.10. The fourth-order valence-electron chi connectivity index (χ4n) is 5.08. The minimum Gasteiger partial charge on any atom is -0.726 e. The van der Waals surface area contributed by atoms with Gasteiger partial charge in [-0.1, -0.05) is 117 Å². The van der Waals surface area contributed by atoms with Crippen LogP contribution in [0.25, 0.3) is 0 Å². The van der Waals surface area contributed by atoms with Crippen molar-refractivity contribution in [3.63, 3.8) is 0 Å². The Labute approximate surface area is 258 Å². The summed E-state index contributed by atoms with van der Waals surface area (Å²) in [6.07, 6.45) is 21.4. The topological polar surface area (TPSA) is 119 Å². The number of unbranched alkanes of at least 4 members (excludes halogenated alkanes) is 16. The molecule has 1 unspecified atom stereocenters. The second kappa shape index (κ2) is 26.2. The second-order valence-corrected chi connectivity index (χ2v) is 13.4. The van der Waals surface area contributed by atoms with Crippen molar-refractivity contribution in [2.75, 3.05) is 40.4 Å². The van der Waals surface area contributed by atoms with Crippen molar-refractivity contribution < 1.29 is 40.7 Å². The lowest BCUT2D eigenvalue weighted by Gasteiger charge is -2.33. The number of rotatable bonds is 30. The molecule has 0 N–H and O–H groups in total. The lowest BCUT2D eigenvalue weighted by molar-refractivity contribution is -0.893. The molecule has 250 valence electrons. The van der Waals surface area contributed by atoms with Gasteiger partial charge in [-0.2, -0.15) is 0 Å². The molecule has 1 atom stereocenters. The zero-order chi connectivity index (χ0) is 31.5. The maximum absolute atomic E-state index is 12.6. The highest BCUT2D eigenvalue weighted by Crippen LogP contribution is 2.14. The molecular formula is C32H63NO8S. The van der Waals surface area contributed by atoms with Crippen LogP contribution in [0.1, 0.15) is 149 Å². The third kappa shape index (κ3) is 28.9. The standard InChI is InChI=1S/C32H63NO8S/c1-5-7-9-11-13-15-17-19-21-24-31(34)39-29-30(28-33(3,4)26-23-27-40-42(36,37)38)41-32(35)25-22-20-18-16-14-12-10-8-6-2/h30H,5-29H2,1-4H3. The molecule has 0 spiro atoms. The van der Waals surface area contributed by atoms with Gasteiger partial charge in [-0.15, -0.1) is 0 Å². The number of esters is 2. The average Bonchev–Trinajstić information content (AvgIpc) is 2.91. The second-order valence-electron chi connectivity index (χ2n) is 12.4. The molecule has 10 heteroatoms. The lowest BCUT2D eigenvalue weighted by Crippen LogP contribution is -2.49. The molecule has 0 aromatic carbocycles. The minimum atomic E-state index is -4.72. The summed E-state index contributed by atoms with van der Waals surface area (Å²) in [5.74, 6) is -0.573. The molecule has 0 amide bonds. The van der Waals surface area contributed by atoms with E-state index in [1.807, 2.05) is 14.1 Å². The molecule has 0 saturated carbocycles. The summed E-state index contributed by atoms with van der Waals surface area (Å²) < 4.78 is 48.0. The summed E-state index contributed by atoms with van der Waals surface area (Å²) in [6, 6.07) is 0. The van der Waals surface area contributed by atoms with Crippen molar-refractivity contribution in [2.45, 2.75) is 155 Å². The van der Waals surface area contributed by atoms with E-state index in [4.69, 9.17) is 9.47 Å². The molecule has 0 radical (unpaired) electrons. The fraction of sp³-hybridized carbons (Fsp3) is 0.938. The largest absolute Gasteiger partial charge is 0.726 e. The summed E-state index contributed by atoms with van der Waals surface area (Å²) in [5.41, 5.74) is 0. The normalized spacial score (nSPS) is 12.8. The van der Waals surface area contributed by atoms with Gasteiger partial charge in [-0.05, 0) is 12.8 Å². The van der Waals surface area contributed by atoms with Crippen molar-refractivity contribution >= 4 is 22.3 Å². The van der Waals surface area contributed by atoms with Crippen LogP contribution in [0, 0.1) is 0 Å². The third-order valence-electron chi connectivity index (χ3n) is 7.53. The summed E-state index contributed by atoms with van der Waals surface area (Å²) in [5, 5.41) is 0. The first-order valence-corrected chi connectivity index (χ1v) is 18.1. The molecule has 0 bridgehead atoms. The maximum Gasteiger partial charge on any atom is 0.306 e. The number of quaternary nitrogens is 1. The Hall–Kier alpha value is -1.23. The number of nitrogens with zero attached hydrogens (tertiary/aromatic N) is 1. The van der Waals surface area contributed by atoms with E-state index in [0.29, 0.717) is 36.8 Å². The average molecular weight is 622 g/mol. The highest BCUT2D eigenvalue weighted by Gasteiger charge is 2.26. The summed E-state index contributed by atoms with van der Waals surface area (Å²) in [4.78, 5) is 25.0. The third-order valence-corrected chi connectivity index (χ3v) is 7.99. The van der Waals surface area contributed by atoms with Crippen LogP contribution in [0.3, 0.4) is 0 Å². The molecule has 0 aliphatic heterocycles. The highest BCUT2D eigenvalue weighted by molar-refractivity contribution is 7.80. The Morgan fingerprint density at radius 2 is 1.10 bits per heavy atom. The molecule has 0 aromatic heterocycles. The van der Waals surface area contributed by atoms with Crippen molar-refractivity contribution in [3.8, 4) is 0 Å². The Kier molecular flexibility index (Phi) is 25.4. The number of hydrogen-bond acceptors (Lipinski definition) is 8. The first-order valence-electron chi connectivity index (χ1n) is 16.8. The van der Waals surface area contributed by atoms with Gasteiger partial charge in [0, 0.05) is 19.3 Å². The SMILES string of the molecule is CCCCCCCCCCCC(=O)OCC(C[N+](C)(C)CCCOS(=O)(=O)[O-])OC(=O)CCCCCCCCCCC. The van der Waals surface area contributed by atoms with Crippen LogP contribution in [0.15, 0.2) is 0 Å². The van der Waals surface area contributed by atoms with Gasteiger partial charge < -0.3 is 18.5 Å². The monoisotopic (exact) mass is 621 g/mol. The van der Waals surface area contributed by atoms with E-state index in [-0.39, 0.29) is 25.2 Å². The Morgan fingerprint density at radius 3 is 1.55 bits per heavy atom. The number of likely N-dealkylation sites (N-methyl/N-ethyl adjacent to an activating group) is 1. The predicted molar refractivity (Wildman–Crippen MR) is 167 cm³/mol. The van der Waals surface area contributed by atoms with E-state index >= 15 is 0 Å². The van der Waals surface area contributed by atoms with Crippen LogP contribution in [-0.2, 0) is 33.6 Å². The van der Waals surface area contributed by atoms with Gasteiger partial charge >= 0.3 is 11.9 Å². The van der Waals surface area contributed by atoms with E-state index in [1.54, 1.807) is 0 Å². The zero-order valence-electron chi connectivity index (χ0n) is 27.4. The molecule has 0 saturated heterocycles. The van der Waals surface area contributed by atoms with Gasteiger partial charge in [0.1, 0.15) is 13.2 Å². The van der Waals surface area contributed by atoms with E-state index in [9.17, 15) is 22.6 Å². The van der Waals surface area contributed by atoms with Crippen LogP contribution in [0.2, 0.25) is 0 Å². The number of carbonyl (C=O) groups excluding carboxylic acids is 2. The van der Waals surface area contributed by atoms with E-state index < -0.39 is 16.5 Å². The fourth-order valence-corrected chi connectivity index (χ4v) is 5.40. The number of ether oxygens (including phenoxy) is 2. The van der Waals surface area contributed by atoms with Gasteiger partial charge in [0.25, 0.3) is 0 Å². The van der Waals surface area contributed by atoms with Crippen molar-refractivity contribution in [3.05, 3.63) is 0 Å². The number of carbonyl (C=O) groups is 2. The Bertz CT molecular complexity index is 772. The van der Waals surface area contributed by atoms with Crippen molar-refractivity contribution in [1.29, 1.82) is 0 Å². The highest BCUT2D eigenvalue weighted by atomic mass is 32.3. The predicted octanol–water partition coefficient (Wildman–Crippen LogP) is 7.23. The van der Waals surface area contributed by atoms with E-state index in [1.165, 1.54) is 77.0 Å². The minimum absolute atomic E-state index is 0.00706. The quantitative estimate of drug-likeness (QED) is 0.0271. The van der Waals surface area contributed by atoms with Crippen LogP contribution in [0.4, 0.5) is 0 Å². The van der Waals surface area contributed by atoms with Gasteiger partial charge in [-0.25, -0.2) is 8.42 Å².